The Balaban J connectivity index is 2.84. The number of hydrogen-bond acceptors (Lipinski definition) is 5. The van der Waals surface area contributed by atoms with Crippen LogP contribution < -0.4 is 10.6 Å². The fourth-order valence-corrected chi connectivity index (χ4v) is 1.58. The number of nitrogens with one attached hydrogen (secondary N) is 2. The molecule has 1 aromatic rings. The van der Waals surface area contributed by atoms with Crippen LogP contribution in [-0.4, -0.2) is 29.2 Å². The van der Waals surface area contributed by atoms with Crippen LogP contribution in [0.15, 0.2) is 18.2 Å². The van der Waals surface area contributed by atoms with E-state index in [4.69, 9.17) is 0 Å². The largest absolute Gasteiger partial charge is 0.391 e. The average Bonchev–Trinajstić information content (AvgIpc) is 2.35. The molecule has 3 N–H and O–H groups in total. The van der Waals surface area contributed by atoms with Crippen molar-refractivity contribution in [3.05, 3.63) is 28.3 Å². The van der Waals surface area contributed by atoms with Gasteiger partial charge in [0.2, 0.25) is 0 Å². The third-order valence-corrected chi connectivity index (χ3v) is 2.79. The molecule has 0 saturated carbocycles. The summed E-state index contributed by atoms with van der Waals surface area (Å²) in [6.45, 7) is 6.82. The molecule has 1 atom stereocenters. The maximum Gasteiger partial charge on any atom is 0.273 e. The van der Waals surface area contributed by atoms with Crippen molar-refractivity contribution in [2.45, 2.75) is 26.9 Å². The standard InChI is InChI=1S/C13H21N3O3/c1-4-14-10-5-11(7-12(6-10)16(18)19)15-8-13(17)9(2)3/h5-7,9,13-15,17H,4,8H2,1-3H3. The maximum atomic E-state index is 10.9. The second-order valence-electron chi connectivity index (χ2n) is 4.75. The normalized spacial score (nSPS) is 12.3. The number of nitro benzene ring substituents is 1. The third kappa shape index (κ3) is 4.75. The zero-order valence-corrected chi connectivity index (χ0v) is 11.5. The van der Waals surface area contributed by atoms with E-state index in [1.165, 1.54) is 12.1 Å². The van der Waals surface area contributed by atoms with E-state index in [0.29, 0.717) is 24.5 Å². The Morgan fingerprint density at radius 1 is 1.26 bits per heavy atom. The second-order valence-corrected chi connectivity index (χ2v) is 4.75. The van der Waals surface area contributed by atoms with Crippen LogP contribution in [0.4, 0.5) is 17.1 Å². The van der Waals surface area contributed by atoms with Gasteiger partial charge in [-0.1, -0.05) is 13.8 Å². The van der Waals surface area contributed by atoms with E-state index in [0.717, 1.165) is 0 Å². The van der Waals surface area contributed by atoms with Crippen molar-refractivity contribution in [3.63, 3.8) is 0 Å². The summed E-state index contributed by atoms with van der Waals surface area (Å²) >= 11 is 0. The molecule has 0 spiro atoms. The molecule has 19 heavy (non-hydrogen) atoms. The molecule has 0 radical (unpaired) electrons. The molecular formula is C13H21N3O3. The summed E-state index contributed by atoms with van der Waals surface area (Å²) in [6.07, 6.45) is -0.484. The number of rotatable bonds is 7. The van der Waals surface area contributed by atoms with Gasteiger partial charge in [-0.15, -0.1) is 0 Å². The number of hydrogen-bond donors (Lipinski definition) is 3. The minimum atomic E-state index is -0.484. The van der Waals surface area contributed by atoms with E-state index < -0.39 is 11.0 Å². The fraction of sp³-hybridized carbons (Fsp3) is 0.538. The lowest BCUT2D eigenvalue weighted by Crippen LogP contribution is -2.24. The highest BCUT2D eigenvalue weighted by atomic mass is 16.6. The lowest BCUT2D eigenvalue weighted by molar-refractivity contribution is -0.384. The van der Waals surface area contributed by atoms with Crippen LogP contribution in [-0.2, 0) is 0 Å². The van der Waals surface area contributed by atoms with Crippen molar-refractivity contribution in [1.82, 2.24) is 0 Å². The van der Waals surface area contributed by atoms with E-state index in [1.54, 1.807) is 6.07 Å². The molecule has 0 aliphatic heterocycles. The summed E-state index contributed by atoms with van der Waals surface area (Å²) in [5, 5.41) is 26.7. The first kappa shape index (κ1) is 15.2. The molecule has 0 fully saturated rings. The maximum absolute atomic E-state index is 10.9. The van der Waals surface area contributed by atoms with Gasteiger partial charge in [-0.3, -0.25) is 10.1 Å². The Kier molecular flexibility index (Phi) is 5.57. The highest BCUT2D eigenvalue weighted by Crippen LogP contribution is 2.24. The van der Waals surface area contributed by atoms with Gasteiger partial charge in [0.1, 0.15) is 0 Å². The van der Waals surface area contributed by atoms with Crippen LogP contribution >= 0.6 is 0 Å². The Morgan fingerprint density at radius 2 is 1.84 bits per heavy atom. The lowest BCUT2D eigenvalue weighted by Gasteiger charge is -2.16. The SMILES string of the molecule is CCNc1cc(NCC(O)C(C)C)cc([N+](=O)[O-])c1. The van der Waals surface area contributed by atoms with Crippen molar-refractivity contribution in [2.75, 3.05) is 23.7 Å². The number of non-ortho nitro benzene ring substituents is 1. The molecule has 0 aliphatic rings. The van der Waals surface area contributed by atoms with Crippen LogP contribution in [0.2, 0.25) is 0 Å². The van der Waals surface area contributed by atoms with Crippen LogP contribution in [0.5, 0.6) is 0 Å². The molecule has 106 valence electrons. The Morgan fingerprint density at radius 3 is 2.32 bits per heavy atom. The topological polar surface area (TPSA) is 87.4 Å². The quantitative estimate of drug-likeness (QED) is 0.521. The van der Waals surface area contributed by atoms with Crippen molar-refractivity contribution >= 4 is 17.1 Å². The number of aliphatic hydroxyl groups excluding tert-OH is 1. The third-order valence-electron chi connectivity index (χ3n) is 2.79. The summed E-state index contributed by atoms with van der Waals surface area (Å²) in [5.41, 5.74) is 1.35. The van der Waals surface area contributed by atoms with Gasteiger partial charge in [0.25, 0.3) is 5.69 Å². The number of anilines is 2. The van der Waals surface area contributed by atoms with Gasteiger partial charge in [0, 0.05) is 36.6 Å². The predicted molar refractivity (Wildman–Crippen MR) is 76.6 cm³/mol. The molecule has 0 amide bonds. The van der Waals surface area contributed by atoms with Crippen LogP contribution in [0.3, 0.4) is 0 Å². The Bertz CT molecular complexity index is 435. The van der Waals surface area contributed by atoms with Gasteiger partial charge in [-0.25, -0.2) is 0 Å². The van der Waals surface area contributed by atoms with Gasteiger partial charge in [-0.05, 0) is 18.9 Å². The van der Waals surface area contributed by atoms with E-state index >= 15 is 0 Å². The zero-order valence-electron chi connectivity index (χ0n) is 11.5. The van der Waals surface area contributed by atoms with E-state index in [9.17, 15) is 15.2 Å². The van der Waals surface area contributed by atoms with E-state index in [2.05, 4.69) is 10.6 Å². The van der Waals surface area contributed by atoms with Gasteiger partial charge in [0.15, 0.2) is 0 Å². The molecule has 1 rings (SSSR count). The van der Waals surface area contributed by atoms with Crippen LogP contribution in [0.25, 0.3) is 0 Å². The number of nitrogens with zero attached hydrogens (tertiary/aromatic N) is 1. The molecule has 0 aliphatic carbocycles. The van der Waals surface area contributed by atoms with Crippen molar-refractivity contribution in [1.29, 1.82) is 0 Å². The number of benzene rings is 1. The number of nitro groups is 1. The molecule has 0 heterocycles. The van der Waals surface area contributed by atoms with Gasteiger partial charge in [0.05, 0.1) is 11.0 Å². The molecule has 1 aromatic carbocycles. The number of aliphatic hydroxyl groups is 1. The zero-order chi connectivity index (χ0) is 14.4. The molecule has 0 aromatic heterocycles. The molecular weight excluding hydrogens is 246 g/mol. The Hall–Kier alpha value is -1.82. The van der Waals surface area contributed by atoms with Gasteiger partial charge < -0.3 is 15.7 Å². The molecule has 6 nitrogen and oxygen atoms in total. The Labute approximate surface area is 113 Å². The smallest absolute Gasteiger partial charge is 0.273 e. The summed E-state index contributed by atoms with van der Waals surface area (Å²) in [4.78, 5) is 10.4. The summed E-state index contributed by atoms with van der Waals surface area (Å²) in [7, 11) is 0. The van der Waals surface area contributed by atoms with Crippen molar-refractivity contribution < 1.29 is 10.0 Å². The highest BCUT2D eigenvalue weighted by molar-refractivity contribution is 5.63. The minimum absolute atomic E-state index is 0.0278. The van der Waals surface area contributed by atoms with Crippen LogP contribution in [0.1, 0.15) is 20.8 Å². The first-order valence-electron chi connectivity index (χ1n) is 6.39. The second kappa shape index (κ2) is 6.94. The molecule has 0 saturated heterocycles. The molecule has 0 bridgehead atoms. The van der Waals surface area contributed by atoms with Gasteiger partial charge >= 0.3 is 0 Å². The summed E-state index contributed by atoms with van der Waals surface area (Å²) < 4.78 is 0. The predicted octanol–water partition coefficient (Wildman–Crippen LogP) is 2.46. The monoisotopic (exact) mass is 267 g/mol. The molecule has 1 unspecified atom stereocenters. The highest BCUT2D eigenvalue weighted by Gasteiger charge is 2.12. The first-order chi connectivity index (χ1) is 8.93. The van der Waals surface area contributed by atoms with Crippen molar-refractivity contribution in [3.8, 4) is 0 Å². The van der Waals surface area contributed by atoms with E-state index in [-0.39, 0.29) is 11.6 Å². The summed E-state index contributed by atoms with van der Waals surface area (Å²) in [6, 6.07) is 4.75. The first-order valence-corrected chi connectivity index (χ1v) is 6.39. The summed E-state index contributed by atoms with van der Waals surface area (Å²) in [5.74, 6) is 0.138. The van der Waals surface area contributed by atoms with Crippen LogP contribution in [0, 0.1) is 16.0 Å². The van der Waals surface area contributed by atoms with Crippen molar-refractivity contribution in [2.24, 2.45) is 5.92 Å². The average molecular weight is 267 g/mol. The fourth-order valence-electron chi connectivity index (χ4n) is 1.58. The molecule has 6 heteroatoms. The lowest BCUT2D eigenvalue weighted by atomic mass is 10.1. The van der Waals surface area contributed by atoms with Gasteiger partial charge in [-0.2, -0.15) is 0 Å². The minimum Gasteiger partial charge on any atom is -0.391 e. The van der Waals surface area contributed by atoms with E-state index in [1.807, 2.05) is 20.8 Å².